The van der Waals surface area contributed by atoms with Gasteiger partial charge in [0.25, 0.3) is 0 Å². The Labute approximate surface area is 236 Å². The van der Waals surface area contributed by atoms with Gasteiger partial charge in [0.1, 0.15) is 24.7 Å². The molecule has 0 bridgehead atoms. The molecule has 0 radical (unpaired) electrons. The van der Waals surface area contributed by atoms with Crippen LogP contribution in [0.3, 0.4) is 0 Å². The molecule has 0 aliphatic carbocycles. The van der Waals surface area contributed by atoms with Gasteiger partial charge in [0.2, 0.25) is 0 Å². The number of nitrogens with one attached hydrogen (secondary N) is 1. The molecule has 1 saturated heterocycles. The maximum atomic E-state index is 12.5. The minimum atomic E-state index is -4.73. The third-order valence-electron chi connectivity index (χ3n) is 6.84. The van der Waals surface area contributed by atoms with E-state index in [0.717, 1.165) is 39.1 Å². The normalized spacial score (nSPS) is 13.2. The predicted molar refractivity (Wildman–Crippen MR) is 150 cm³/mol. The lowest BCUT2D eigenvalue weighted by atomic mass is 9.96. The zero-order chi connectivity index (χ0) is 28.8. The Morgan fingerprint density at radius 3 is 2.41 bits per heavy atom. The number of cyclic esters (lactones) is 1. The number of hydrogen-bond donors (Lipinski definition) is 1. The average Bonchev–Trinajstić information content (AvgIpc) is 3.36. The first-order valence-electron chi connectivity index (χ1n) is 13.1. The van der Waals surface area contributed by atoms with E-state index in [1.54, 1.807) is 17.0 Å². The number of nitrogens with zero attached hydrogens (tertiary/aromatic N) is 1. The van der Waals surface area contributed by atoms with Gasteiger partial charge in [-0.15, -0.1) is 13.2 Å². The highest BCUT2D eigenvalue weighted by Crippen LogP contribution is 2.31. The molecule has 41 heavy (non-hydrogen) atoms. The van der Waals surface area contributed by atoms with Crippen LogP contribution in [-0.4, -0.2) is 30.5 Å². The van der Waals surface area contributed by atoms with Gasteiger partial charge in [-0.3, -0.25) is 0 Å². The molecule has 1 N–H and O–H groups in total. The lowest BCUT2D eigenvalue weighted by Crippen LogP contribution is -2.23. The van der Waals surface area contributed by atoms with E-state index in [-0.39, 0.29) is 11.8 Å². The molecule has 0 atom stereocenters. The largest absolute Gasteiger partial charge is 0.573 e. The zero-order valence-corrected chi connectivity index (χ0v) is 22.4. The molecule has 0 unspecified atom stereocenters. The Morgan fingerprint density at radius 2 is 1.71 bits per heavy atom. The zero-order valence-electron chi connectivity index (χ0n) is 22.4. The lowest BCUT2D eigenvalue weighted by molar-refractivity contribution is -0.274. The Balaban J connectivity index is 1.31. The van der Waals surface area contributed by atoms with Gasteiger partial charge in [0.15, 0.2) is 0 Å². The fourth-order valence-electron chi connectivity index (χ4n) is 4.66. The van der Waals surface area contributed by atoms with E-state index in [1.165, 1.54) is 12.1 Å². The van der Waals surface area contributed by atoms with Crippen LogP contribution >= 0.6 is 0 Å². The van der Waals surface area contributed by atoms with E-state index in [1.807, 2.05) is 73.7 Å². The van der Waals surface area contributed by atoms with Crippen LogP contribution < -0.4 is 14.8 Å². The molecule has 0 spiro atoms. The molecule has 0 aromatic heterocycles. The van der Waals surface area contributed by atoms with Crippen molar-refractivity contribution in [2.75, 3.05) is 18.5 Å². The van der Waals surface area contributed by atoms with Crippen LogP contribution in [0.1, 0.15) is 22.3 Å². The fourth-order valence-corrected chi connectivity index (χ4v) is 4.66. The Kier molecular flexibility index (Phi) is 8.33. The van der Waals surface area contributed by atoms with Gasteiger partial charge in [-0.25, -0.2) is 4.79 Å². The molecule has 9 heteroatoms. The summed E-state index contributed by atoms with van der Waals surface area (Å²) >= 11 is 0. The van der Waals surface area contributed by atoms with Crippen molar-refractivity contribution >= 4 is 11.8 Å². The predicted octanol–water partition coefficient (Wildman–Crippen LogP) is 7.70. The average molecular weight is 563 g/mol. The minimum Gasteiger partial charge on any atom is -0.488 e. The standard InChI is InChI=1S/C32H29F3N2O4/c1-22-25(8-5-9-29(22)24-11-14-28(15-12-24)41-32(33,34)35)19-36-27-13-10-26(20-37-16-17-39-31(37)38)30(18-27)40-21-23-6-3-2-4-7-23/h2-15,18,36H,16-17,19-21H2,1H3. The summed E-state index contributed by atoms with van der Waals surface area (Å²) in [6.45, 7) is 4.18. The van der Waals surface area contributed by atoms with Crippen LogP contribution in [0.4, 0.5) is 23.7 Å². The van der Waals surface area contributed by atoms with Crippen LogP contribution in [0.15, 0.2) is 91.0 Å². The van der Waals surface area contributed by atoms with E-state index in [4.69, 9.17) is 9.47 Å². The van der Waals surface area contributed by atoms with E-state index >= 15 is 0 Å². The van der Waals surface area contributed by atoms with Crippen molar-refractivity contribution in [1.29, 1.82) is 0 Å². The monoisotopic (exact) mass is 562 g/mol. The molecule has 4 aromatic rings. The number of alkyl halides is 3. The number of ether oxygens (including phenoxy) is 3. The van der Waals surface area contributed by atoms with Gasteiger partial charge in [0, 0.05) is 23.9 Å². The van der Waals surface area contributed by atoms with E-state index in [9.17, 15) is 18.0 Å². The Hall–Kier alpha value is -4.66. The highest BCUT2D eigenvalue weighted by Gasteiger charge is 2.31. The van der Waals surface area contributed by atoms with Crippen LogP contribution in [0, 0.1) is 6.92 Å². The summed E-state index contributed by atoms with van der Waals surface area (Å²) in [4.78, 5) is 13.7. The number of benzene rings is 4. The maximum Gasteiger partial charge on any atom is 0.573 e. The number of anilines is 1. The van der Waals surface area contributed by atoms with Crippen molar-refractivity contribution in [2.24, 2.45) is 0 Å². The number of hydrogen-bond acceptors (Lipinski definition) is 5. The molecular formula is C32H29F3N2O4. The molecule has 212 valence electrons. The second-order valence-electron chi connectivity index (χ2n) is 9.65. The maximum absolute atomic E-state index is 12.5. The Bertz CT molecular complexity index is 1490. The summed E-state index contributed by atoms with van der Waals surface area (Å²) in [6.07, 6.45) is -5.06. The van der Waals surface area contributed by atoms with Gasteiger partial charge in [-0.1, -0.05) is 66.7 Å². The first kappa shape index (κ1) is 27.9. The molecule has 0 saturated carbocycles. The first-order valence-corrected chi connectivity index (χ1v) is 13.1. The molecule has 1 amide bonds. The van der Waals surface area contributed by atoms with Crippen LogP contribution in [0.25, 0.3) is 11.1 Å². The minimum absolute atomic E-state index is 0.257. The summed E-state index contributed by atoms with van der Waals surface area (Å²) in [5.74, 6) is 0.414. The molecule has 4 aromatic carbocycles. The third kappa shape index (κ3) is 7.30. The molecular weight excluding hydrogens is 533 g/mol. The number of rotatable bonds is 10. The number of halogens is 3. The van der Waals surface area contributed by atoms with Crippen molar-refractivity contribution in [3.8, 4) is 22.6 Å². The van der Waals surface area contributed by atoms with Crippen molar-refractivity contribution in [2.45, 2.75) is 33.0 Å². The second-order valence-corrected chi connectivity index (χ2v) is 9.65. The summed E-state index contributed by atoms with van der Waals surface area (Å²) in [5.41, 5.74) is 6.51. The molecule has 1 fully saturated rings. The van der Waals surface area contributed by atoms with Crippen molar-refractivity contribution < 1.29 is 32.2 Å². The van der Waals surface area contributed by atoms with Crippen LogP contribution in [-0.2, 0) is 24.4 Å². The van der Waals surface area contributed by atoms with Crippen LogP contribution in [0.2, 0.25) is 0 Å². The summed E-state index contributed by atoms with van der Waals surface area (Å²) in [5, 5.41) is 3.45. The van der Waals surface area contributed by atoms with Crippen LogP contribution in [0.5, 0.6) is 11.5 Å². The van der Waals surface area contributed by atoms with Gasteiger partial charge < -0.3 is 24.4 Å². The number of carbonyl (C=O) groups excluding carboxylic acids is 1. The molecule has 6 nitrogen and oxygen atoms in total. The summed E-state index contributed by atoms with van der Waals surface area (Å²) in [6, 6.07) is 27.4. The van der Waals surface area contributed by atoms with Gasteiger partial charge in [-0.2, -0.15) is 0 Å². The molecule has 5 rings (SSSR count). The quantitative estimate of drug-likeness (QED) is 0.215. The van der Waals surface area contributed by atoms with E-state index in [2.05, 4.69) is 10.1 Å². The molecule has 1 aliphatic rings. The third-order valence-corrected chi connectivity index (χ3v) is 6.84. The fraction of sp³-hybridized carbons (Fsp3) is 0.219. The second kappa shape index (κ2) is 12.2. The Morgan fingerprint density at radius 1 is 0.927 bits per heavy atom. The summed E-state index contributed by atoms with van der Waals surface area (Å²) < 4.78 is 52.8. The SMILES string of the molecule is Cc1c(CNc2ccc(CN3CCOC3=O)c(OCc3ccccc3)c2)cccc1-c1ccc(OC(F)(F)F)cc1. The van der Waals surface area contributed by atoms with E-state index in [0.29, 0.717) is 38.6 Å². The topological polar surface area (TPSA) is 60.0 Å². The van der Waals surface area contributed by atoms with E-state index < -0.39 is 6.36 Å². The van der Waals surface area contributed by atoms with Gasteiger partial charge in [0.05, 0.1) is 13.1 Å². The van der Waals surface area contributed by atoms with Gasteiger partial charge in [-0.05, 0) is 52.9 Å². The highest BCUT2D eigenvalue weighted by atomic mass is 19.4. The first-order chi connectivity index (χ1) is 19.7. The number of amides is 1. The highest BCUT2D eigenvalue weighted by molar-refractivity contribution is 5.70. The number of carbonyl (C=O) groups is 1. The van der Waals surface area contributed by atoms with Crippen molar-refractivity contribution in [3.05, 3.63) is 113 Å². The van der Waals surface area contributed by atoms with Crippen molar-refractivity contribution in [1.82, 2.24) is 4.90 Å². The molecule has 1 aliphatic heterocycles. The lowest BCUT2D eigenvalue weighted by Gasteiger charge is -2.18. The molecule has 1 heterocycles. The summed E-state index contributed by atoms with van der Waals surface area (Å²) in [7, 11) is 0. The van der Waals surface area contributed by atoms with Crippen molar-refractivity contribution in [3.63, 3.8) is 0 Å². The van der Waals surface area contributed by atoms with Gasteiger partial charge >= 0.3 is 12.5 Å². The smallest absolute Gasteiger partial charge is 0.488 e.